The zero-order valence-electron chi connectivity index (χ0n) is 10.7. The van der Waals surface area contributed by atoms with Crippen LogP contribution in [-0.2, 0) is 24.2 Å². The molecule has 4 nitrogen and oxygen atoms in total. The van der Waals surface area contributed by atoms with E-state index in [9.17, 15) is 4.79 Å². The van der Waals surface area contributed by atoms with Gasteiger partial charge in [-0.05, 0) is 44.6 Å². The third kappa shape index (κ3) is 2.87. The van der Waals surface area contributed by atoms with Crippen LogP contribution in [0.4, 0.5) is 0 Å². The first-order chi connectivity index (χ1) is 8.20. The van der Waals surface area contributed by atoms with E-state index in [1.807, 2.05) is 17.8 Å². The highest BCUT2D eigenvalue weighted by molar-refractivity contribution is 5.76. The number of rotatable bonds is 4. The van der Waals surface area contributed by atoms with Gasteiger partial charge < -0.3 is 5.32 Å². The Morgan fingerprint density at radius 3 is 3.06 bits per heavy atom. The minimum absolute atomic E-state index is 0.0656. The predicted octanol–water partition coefficient (Wildman–Crippen LogP) is 1.68. The number of hydrogen-bond acceptors (Lipinski definition) is 2. The molecule has 0 aliphatic heterocycles. The molecule has 1 aromatic heterocycles. The third-order valence-electron chi connectivity index (χ3n) is 3.46. The number of carbonyl (C=O) groups excluding carboxylic acids is 1. The van der Waals surface area contributed by atoms with Gasteiger partial charge >= 0.3 is 0 Å². The summed E-state index contributed by atoms with van der Waals surface area (Å²) < 4.78 is 1.87. The normalized spacial score (nSPS) is 16.4. The van der Waals surface area contributed by atoms with Gasteiger partial charge in [-0.15, -0.1) is 0 Å². The summed E-state index contributed by atoms with van der Waals surface area (Å²) in [5.74, 6) is 0.0656. The Balaban J connectivity index is 1.99. The van der Waals surface area contributed by atoms with Crippen molar-refractivity contribution in [3.8, 4) is 0 Å². The number of aromatic nitrogens is 2. The van der Waals surface area contributed by atoms with Crippen LogP contribution in [0.25, 0.3) is 0 Å². The maximum absolute atomic E-state index is 11.8. The van der Waals surface area contributed by atoms with Crippen molar-refractivity contribution in [2.24, 2.45) is 0 Å². The highest BCUT2D eigenvalue weighted by atomic mass is 16.2. The van der Waals surface area contributed by atoms with Crippen LogP contribution in [0.5, 0.6) is 0 Å². The van der Waals surface area contributed by atoms with Gasteiger partial charge in [-0.25, -0.2) is 0 Å². The van der Waals surface area contributed by atoms with E-state index in [-0.39, 0.29) is 11.9 Å². The molecule has 1 unspecified atom stereocenters. The summed E-state index contributed by atoms with van der Waals surface area (Å²) >= 11 is 0. The number of hydrogen-bond donors (Lipinski definition) is 1. The summed E-state index contributed by atoms with van der Waals surface area (Å²) in [7, 11) is 0. The minimum atomic E-state index is 0.0656. The lowest BCUT2D eigenvalue weighted by Crippen LogP contribution is -2.35. The topological polar surface area (TPSA) is 46.9 Å². The van der Waals surface area contributed by atoms with E-state index in [2.05, 4.69) is 17.3 Å². The van der Waals surface area contributed by atoms with Gasteiger partial charge in [-0.2, -0.15) is 5.10 Å². The Morgan fingerprint density at radius 1 is 1.53 bits per heavy atom. The van der Waals surface area contributed by atoms with E-state index in [1.165, 1.54) is 24.1 Å². The minimum Gasteiger partial charge on any atom is -0.352 e. The van der Waals surface area contributed by atoms with Gasteiger partial charge in [-0.3, -0.25) is 9.48 Å². The summed E-state index contributed by atoms with van der Waals surface area (Å²) in [6, 6.07) is 0.244. The molecule has 1 amide bonds. The molecule has 2 rings (SSSR count). The summed E-state index contributed by atoms with van der Waals surface area (Å²) in [6.45, 7) is 4.46. The Morgan fingerprint density at radius 2 is 2.29 bits per heavy atom. The fourth-order valence-electron chi connectivity index (χ4n) is 2.25. The lowest BCUT2D eigenvalue weighted by atomic mass is 9.98. The van der Waals surface area contributed by atoms with Crippen LogP contribution in [0.3, 0.4) is 0 Å². The van der Waals surface area contributed by atoms with Crippen molar-refractivity contribution in [3.05, 3.63) is 17.5 Å². The van der Waals surface area contributed by atoms with Crippen molar-refractivity contribution in [3.63, 3.8) is 0 Å². The maximum atomic E-state index is 11.8. The van der Waals surface area contributed by atoms with Gasteiger partial charge in [0.25, 0.3) is 0 Å². The van der Waals surface area contributed by atoms with Crippen molar-refractivity contribution < 1.29 is 4.79 Å². The van der Waals surface area contributed by atoms with Crippen molar-refractivity contribution >= 4 is 5.91 Å². The monoisotopic (exact) mass is 235 g/mol. The van der Waals surface area contributed by atoms with Gasteiger partial charge in [0.2, 0.25) is 5.91 Å². The summed E-state index contributed by atoms with van der Waals surface area (Å²) in [4.78, 5) is 11.8. The first-order valence-electron chi connectivity index (χ1n) is 6.53. The van der Waals surface area contributed by atoms with Gasteiger partial charge in [0.15, 0.2) is 0 Å². The molecule has 1 atom stereocenters. The quantitative estimate of drug-likeness (QED) is 0.863. The number of nitrogens with zero attached hydrogens (tertiary/aromatic N) is 2. The first kappa shape index (κ1) is 12.1. The molecule has 0 saturated carbocycles. The zero-order valence-corrected chi connectivity index (χ0v) is 10.7. The van der Waals surface area contributed by atoms with E-state index in [1.54, 1.807) is 0 Å². The molecule has 0 fully saturated rings. The van der Waals surface area contributed by atoms with E-state index in [4.69, 9.17) is 0 Å². The molecule has 4 heteroatoms. The standard InChI is InChI=1S/C13H21N3O/c1-3-10(2)15-13(17)9-16-12-7-5-4-6-11(12)8-14-16/h8,10H,3-7,9H2,1-2H3,(H,15,17). The highest BCUT2D eigenvalue weighted by Crippen LogP contribution is 2.20. The van der Waals surface area contributed by atoms with E-state index >= 15 is 0 Å². The molecule has 0 saturated heterocycles. The van der Waals surface area contributed by atoms with Crippen LogP contribution in [0.1, 0.15) is 44.4 Å². The molecule has 0 bridgehead atoms. The van der Waals surface area contributed by atoms with Gasteiger partial charge in [0.1, 0.15) is 6.54 Å². The Bertz CT molecular complexity index is 397. The van der Waals surface area contributed by atoms with Crippen molar-refractivity contribution in [2.75, 3.05) is 0 Å². The van der Waals surface area contributed by atoms with Crippen LogP contribution in [0.2, 0.25) is 0 Å². The molecule has 1 N–H and O–H groups in total. The zero-order chi connectivity index (χ0) is 12.3. The molecular weight excluding hydrogens is 214 g/mol. The smallest absolute Gasteiger partial charge is 0.241 e. The van der Waals surface area contributed by atoms with Crippen molar-refractivity contribution in [1.82, 2.24) is 15.1 Å². The van der Waals surface area contributed by atoms with Gasteiger partial charge in [0, 0.05) is 11.7 Å². The average molecular weight is 235 g/mol. The van der Waals surface area contributed by atoms with Crippen LogP contribution in [0, 0.1) is 0 Å². The Kier molecular flexibility index (Phi) is 3.82. The molecule has 0 aromatic carbocycles. The average Bonchev–Trinajstić information content (AvgIpc) is 2.72. The molecule has 1 aliphatic carbocycles. The number of fused-ring (bicyclic) bond motifs is 1. The van der Waals surface area contributed by atoms with Gasteiger partial charge in [-0.1, -0.05) is 6.92 Å². The summed E-state index contributed by atoms with van der Waals surface area (Å²) in [5, 5.41) is 7.30. The molecule has 1 heterocycles. The van der Waals surface area contributed by atoms with Crippen LogP contribution in [0.15, 0.2) is 6.20 Å². The number of nitrogens with one attached hydrogen (secondary N) is 1. The SMILES string of the molecule is CCC(C)NC(=O)Cn1ncc2c1CCCC2. The van der Waals surface area contributed by atoms with Crippen LogP contribution < -0.4 is 5.32 Å². The fraction of sp³-hybridized carbons (Fsp3) is 0.692. The second-order valence-corrected chi connectivity index (χ2v) is 4.86. The Labute approximate surface area is 102 Å². The second kappa shape index (κ2) is 5.34. The lowest BCUT2D eigenvalue weighted by Gasteiger charge is -2.15. The molecule has 0 spiro atoms. The first-order valence-corrected chi connectivity index (χ1v) is 6.53. The molecule has 0 radical (unpaired) electrons. The van der Waals surface area contributed by atoms with Crippen molar-refractivity contribution in [1.29, 1.82) is 0 Å². The Hall–Kier alpha value is -1.32. The van der Waals surface area contributed by atoms with Crippen molar-refractivity contribution in [2.45, 2.75) is 58.5 Å². The molecule has 94 valence electrons. The second-order valence-electron chi connectivity index (χ2n) is 4.86. The lowest BCUT2D eigenvalue weighted by molar-refractivity contribution is -0.122. The third-order valence-corrected chi connectivity index (χ3v) is 3.46. The molecule has 1 aromatic rings. The number of aryl methyl sites for hydroxylation is 1. The maximum Gasteiger partial charge on any atom is 0.241 e. The van der Waals surface area contributed by atoms with E-state index < -0.39 is 0 Å². The molecule has 1 aliphatic rings. The largest absolute Gasteiger partial charge is 0.352 e. The highest BCUT2D eigenvalue weighted by Gasteiger charge is 2.16. The van der Waals surface area contributed by atoms with Gasteiger partial charge in [0.05, 0.1) is 6.20 Å². The molecule has 17 heavy (non-hydrogen) atoms. The summed E-state index contributed by atoms with van der Waals surface area (Å²) in [6.07, 6.45) is 7.52. The molecular formula is C13H21N3O. The fourth-order valence-corrected chi connectivity index (χ4v) is 2.25. The predicted molar refractivity (Wildman–Crippen MR) is 66.8 cm³/mol. The van der Waals surface area contributed by atoms with Crippen LogP contribution >= 0.6 is 0 Å². The van der Waals surface area contributed by atoms with E-state index in [0.717, 1.165) is 19.3 Å². The number of carbonyl (C=O) groups is 1. The summed E-state index contributed by atoms with van der Waals surface area (Å²) in [5.41, 5.74) is 2.59. The number of amides is 1. The van der Waals surface area contributed by atoms with E-state index in [0.29, 0.717) is 6.54 Å². The van der Waals surface area contributed by atoms with Crippen LogP contribution in [-0.4, -0.2) is 21.7 Å².